The van der Waals surface area contributed by atoms with Crippen molar-refractivity contribution in [1.82, 2.24) is 10.5 Å². The molecular weight excluding hydrogens is 292 g/mol. The van der Waals surface area contributed by atoms with Gasteiger partial charge in [0.2, 0.25) is 0 Å². The van der Waals surface area contributed by atoms with Gasteiger partial charge >= 0.3 is 0 Å². The summed E-state index contributed by atoms with van der Waals surface area (Å²) in [6.45, 7) is 0.307. The first-order valence-electron chi connectivity index (χ1n) is 7.19. The van der Waals surface area contributed by atoms with E-state index in [9.17, 15) is 4.79 Å². The van der Waals surface area contributed by atoms with Gasteiger partial charge in [-0.25, -0.2) is 0 Å². The summed E-state index contributed by atoms with van der Waals surface area (Å²) < 4.78 is 10.4. The average molecular weight is 308 g/mol. The van der Waals surface area contributed by atoms with Gasteiger partial charge in [0.15, 0.2) is 5.76 Å². The van der Waals surface area contributed by atoms with Crippen molar-refractivity contribution >= 4 is 5.91 Å². The van der Waals surface area contributed by atoms with E-state index in [-0.39, 0.29) is 5.91 Å². The van der Waals surface area contributed by atoms with Gasteiger partial charge in [0.25, 0.3) is 5.91 Å². The normalized spacial score (nSPS) is 10.3. The highest BCUT2D eigenvalue weighted by atomic mass is 16.5. The van der Waals surface area contributed by atoms with Crippen LogP contribution in [0.5, 0.6) is 5.75 Å². The number of carbonyl (C=O) groups is 1. The Bertz CT molecular complexity index is 780. The minimum atomic E-state index is -0.170. The third-order valence-electron chi connectivity index (χ3n) is 3.40. The van der Waals surface area contributed by atoms with E-state index in [4.69, 9.17) is 9.26 Å². The fourth-order valence-corrected chi connectivity index (χ4v) is 2.15. The first-order valence-corrected chi connectivity index (χ1v) is 7.19. The molecule has 0 aliphatic carbocycles. The fourth-order valence-electron chi connectivity index (χ4n) is 2.15. The molecule has 0 saturated carbocycles. The SMILES string of the molecule is COc1ccc(C(=O)NCc2cc(-c3ccccc3)on2)cc1. The van der Waals surface area contributed by atoms with E-state index in [2.05, 4.69) is 10.5 Å². The zero-order chi connectivity index (χ0) is 16.1. The maximum atomic E-state index is 12.1. The summed E-state index contributed by atoms with van der Waals surface area (Å²) in [7, 11) is 1.59. The fraction of sp³-hybridized carbons (Fsp3) is 0.111. The largest absolute Gasteiger partial charge is 0.497 e. The molecule has 1 N–H and O–H groups in total. The molecule has 0 atom stereocenters. The third kappa shape index (κ3) is 3.58. The molecule has 116 valence electrons. The van der Waals surface area contributed by atoms with Crippen molar-refractivity contribution in [3.63, 3.8) is 0 Å². The molecule has 1 amide bonds. The molecule has 0 saturated heterocycles. The molecule has 5 heteroatoms. The number of hydrogen-bond acceptors (Lipinski definition) is 4. The predicted molar refractivity (Wildman–Crippen MR) is 86.1 cm³/mol. The van der Waals surface area contributed by atoms with Gasteiger partial charge in [0.1, 0.15) is 11.4 Å². The lowest BCUT2D eigenvalue weighted by molar-refractivity contribution is 0.0950. The molecule has 0 fully saturated rings. The predicted octanol–water partition coefficient (Wildman–Crippen LogP) is 3.28. The Kier molecular flexibility index (Phi) is 4.38. The molecule has 2 aromatic carbocycles. The maximum absolute atomic E-state index is 12.1. The van der Waals surface area contributed by atoms with Crippen molar-refractivity contribution in [2.45, 2.75) is 6.54 Å². The second-order valence-electron chi connectivity index (χ2n) is 4.96. The van der Waals surface area contributed by atoms with Gasteiger partial charge in [0.05, 0.1) is 13.7 Å². The zero-order valence-corrected chi connectivity index (χ0v) is 12.7. The van der Waals surface area contributed by atoms with Crippen LogP contribution < -0.4 is 10.1 Å². The van der Waals surface area contributed by atoms with E-state index in [1.165, 1.54) is 0 Å². The van der Waals surface area contributed by atoms with Gasteiger partial charge in [-0.05, 0) is 24.3 Å². The molecule has 1 aromatic heterocycles. The number of methoxy groups -OCH3 is 1. The van der Waals surface area contributed by atoms with Crippen LogP contribution in [0.1, 0.15) is 16.1 Å². The van der Waals surface area contributed by atoms with Crippen LogP contribution in [0.4, 0.5) is 0 Å². The number of benzene rings is 2. The van der Waals surface area contributed by atoms with Crippen LogP contribution in [0.25, 0.3) is 11.3 Å². The summed E-state index contributed by atoms with van der Waals surface area (Å²) >= 11 is 0. The monoisotopic (exact) mass is 308 g/mol. The number of nitrogens with zero attached hydrogens (tertiary/aromatic N) is 1. The summed E-state index contributed by atoms with van der Waals surface area (Å²) in [5, 5.41) is 6.79. The lowest BCUT2D eigenvalue weighted by Crippen LogP contribution is -2.22. The van der Waals surface area contributed by atoms with E-state index in [1.807, 2.05) is 36.4 Å². The van der Waals surface area contributed by atoms with Gasteiger partial charge in [0, 0.05) is 17.2 Å². The highest BCUT2D eigenvalue weighted by Crippen LogP contribution is 2.19. The summed E-state index contributed by atoms with van der Waals surface area (Å²) in [6, 6.07) is 18.4. The summed E-state index contributed by atoms with van der Waals surface area (Å²) in [4.78, 5) is 12.1. The molecule has 0 aliphatic rings. The Balaban J connectivity index is 1.62. The van der Waals surface area contributed by atoms with Crippen molar-refractivity contribution in [1.29, 1.82) is 0 Å². The number of carbonyl (C=O) groups excluding carboxylic acids is 1. The number of aromatic nitrogens is 1. The van der Waals surface area contributed by atoms with Gasteiger partial charge in [-0.2, -0.15) is 0 Å². The van der Waals surface area contributed by atoms with Crippen molar-refractivity contribution in [3.05, 3.63) is 71.9 Å². The smallest absolute Gasteiger partial charge is 0.251 e. The van der Waals surface area contributed by atoms with Crippen LogP contribution in [0.2, 0.25) is 0 Å². The van der Waals surface area contributed by atoms with Crippen molar-refractivity contribution in [2.24, 2.45) is 0 Å². The average Bonchev–Trinajstić information content (AvgIpc) is 3.09. The molecule has 1 heterocycles. The van der Waals surface area contributed by atoms with E-state index in [0.717, 1.165) is 5.56 Å². The Labute approximate surface area is 133 Å². The van der Waals surface area contributed by atoms with E-state index in [1.54, 1.807) is 31.4 Å². The van der Waals surface area contributed by atoms with Crippen LogP contribution >= 0.6 is 0 Å². The Morgan fingerprint density at radius 1 is 1.13 bits per heavy atom. The number of nitrogens with one attached hydrogen (secondary N) is 1. The molecule has 0 aliphatic heterocycles. The van der Waals surface area contributed by atoms with Crippen molar-refractivity contribution in [3.8, 4) is 17.1 Å². The highest BCUT2D eigenvalue weighted by Gasteiger charge is 2.09. The lowest BCUT2D eigenvalue weighted by atomic mass is 10.1. The van der Waals surface area contributed by atoms with Gasteiger partial charge < -0.3 is 14.6 Å². The van der Waals surface area contributed by atoms with E-state index in [0.29, 0.717) is 29.3 Å². The second kappa shape index (κ2) is 6.79. The van der Waals surface area contributed by atoms with Crippen LogP contribution in [-0.2, 0) is 6.54 Å². The van der Waals surface area contributed by atoms with Crippen LogP contribution in [-0.4, -0.2) is 18.2 Å². The summed E-state index contributed by atoms with van der Waals surface area (Å²) in [5.74, 6) is 1.22. The van der Waals surface area contributed by atoms with Crippen molar-refractivity contribution in [2.75, 3.05) is 7.11 Å². The number of rotatable bonds is 5. The summed E-state index contributed by atoms with van der Waals surface area (Å²) in [6.07, 6.45) is 0. The van der Waals surface area contributed by atoms with Gasteiger partial charge in [-0.1, -0.05) is 35.5 Å². The quantitative estimate of drug-likeness (QED) is 0.785. The molecule has 23 heavy (non-hydrogen) atoms. The highest BCUT2D eigenvalue weighted by molar-refractivity contribution is 5.94. The molecule has 3 rings (SSSR count). The molecule has 0 radical (unpaired) electrons. The zero-order valence-electron chi connectivity index (χ0n) is 12.7. The number of ether oxygens (including phenoxy) is 1. The molecule has 0 spiro atoms. The minimum absolute atomic E-state index is 0.170. The Hall–Kier alpha value is -3.08. The van der Waals surface area contributed by atoms with Crippen molar-refractivity contribution < 1.29 is 14.1 Å². The Morgan fingerprint density at radius 2 is 1.87 bits per heavy atom. The van der Waals surface area contributed by atoms with E-state index >= 15 is 0 Å². The van der Waals surface area contributed by atoms with Crippen LogP contribution in [0.15, 0.2) is 65.2 Å². The minimum Gasteiger partial charge on any atom is -0.497 e. The molecule has 0 unspecified atom stereocenters. The van der Waals surface area contributed by atoms with Crippen LogP contribution in [0.3, 0.4) is 0 Å². The van der Waals surface area contributed by atoms with Gasteiger partial charge in [-0.3, -0.25) is 4.79 Å². The van der Waals surface area contributed by atoms with Gasteiger partial charge in [-0.15, -0.1) is 0 Å². The number of amides is 1. The third-order valence-corrected chi connectivity index (χ3v) is 3.40. The lowest BCUT2D eigenvalue weighted by Gasteiger charge is -2.04. The molecular formula is C18H16N2O3. The standard InChI is InChI=1S/C18H16N2O3/c1-22-16-9-7-14(8-10-16)18(21)19-12-15-11-17(23-20-15)13-5-3-2-4-6-13/h2-11H,12H2,1H3,(H,19,21). The molecule has 0 bridgehead atoms. The maximum Gasteiger partial charge on any atom is 0.251 e. The first kappa shape index (κ1) is 14.8. The van der Waals surface area contributed by atoms with Crippen LogP contribution in [0, 0.1) is 0 Å². The molecule has 5 nitrogen and oxygen atoms in total. The molecule has 3 aromatic rings. The van der Waals surface area contributed by atoms with E-state index < -0.39 is 0 Å². The number of hydrogen-bond donors (Lipinski definition) is 1. The summed E-state index contributed by atoms with van der Waals surface area (Å²) in [5.41, 5.74) is 2.19. The Morgan fingerprint density at radius 3 is 2.57 bits per heavy atom. The topological polar surface area (TPSA) is 64.4 Å². The first-order chi connectivity index (χ1) is 11.3. The second-order valence-corrected chi connectivity index (χ2v) is 4.96.